The summed E-state index contributed by atoms with van der Waals surface area (Å²) < 4.78 is 0. The van der Waals surface area contributed by atoms with E-state index in [1.54, 1.807) is 0 Å². The summed E-state index contributed by atoms with van der Waals surface area (Å²) in [6.07, 6.45) is 5.65. The molecule has 2 rings (SSSR count). The highest BCUT2D eigenvalue weighted by Crippen LogP contribution is 2.26. The van der Waals surface area contributed by atoms with Crippen molar-refractivity contribution >= 4 is 23.2 Å². The predicted molar refractivity (Wildman–Crippen MR) is 71.4 cm³/mol. The zero-order valence-corrected chi connectivity index (χ0v) is 10.9. The first-order valence-electron chi connectivity index (χ1n) is 6.24. The third-order valence-corrected chi connectivity index (χ3v) is 3.82. The van der Waals surface area contributed by atoms with Crippen LogP contribution in [0.4, 0.5) is 5.69 Å². The van der Waals surface area contributed by atoms with E-state index in [4.69, 9.17) is 11.6 Å². The maximum atomic E-state index is 12.0. The molecule has 0 unspecified atom stereocenters. The average Bonchev–Trinajstić information content (AvgIpc) is 2.35. The molecule has 0 spiro atoms. The quantitative estimate of drug-likeness (QED) is 0.840. The number of benzene rings is 1. The number of carbonyl (C=O) groups excluding carboxylic acids is 1. The Morgan fingerprint density at radius 1 is 1.29 bits per heavy atom. The Kier molecular flexibility index (Phi) is 4.06. The van der Waals surface area contributed by atoms with Crippen molar-refractivity contribution in [1.29, 1.82) is 0 Å². The van der Waals surface area contributed by atoms with E-state index >= 15 is 0 Å². The van der Waals surface area contributed by atoms with Crippen LogP contribution in [0.2, 0.25) is 5.02 Å². The molecule has 0 aromatic heterocycles. The van der Waals surface area contributed by atoms with Crippen molar-refractivity contribution < 1.29 is 4.79 Å². The molecule has 0 saturated heterocycles. The lowest BCUT2D eigenvalue weighted by atomic mass is 9.88. The van der Waals surface area contributed by atoms with Gasteiger partial charge in [0.05, 0.1) is 0 Å². The lowest BCUT2D eigenvalue weighted by Gasteiger charge is -2.20. The Balaban J connectivity index is 1.99. The number of rotatable bonds is 2. The second kappa shape index (κ2) is 5.54. The van der Waals surface area contributed by atoms with Crippen LogP contribution in [-0.4, -0.2) is 5.91 Å². The Morgan fingerprint density at radius 2 is 2.00 bits per heavy atom. The maximum Gasteiger partial charge on any atom is 0.227 e. The zero-order valence-electron chi connectivity index (χ0n) is 10.1. The van der Waals surface area contributed by atoms with Gasteiger partial charge in [-0.2, -0.15) is 0 Å². The minimum absolute atomic E-state index is 0.143. The summed E-state index contributed by atoms with van der Waals surface area (Å²) in [5.74, 6) is 0.327. The highest BCUT2D eigenvalue weighted by Gasteiger charge is 2.20. The van der Waals surface area contributed by atoms with Gasteiger partial charge < -0.3 is 5.32 Å². The number of halogens is 1. The van der Waals surface area contributed by atoms with E-state index < -0.39 is 0 Å². The minimum atomic E-state index is 0.143. The number of hydrogen-bond acceptors (Lipinski definition) is 1. The molecule has 1 fully saturated rings. The van der Waals surface area contributed by atoms with Gasteiger partial charge in [0.2, 0.25) is 5.91 Å². The first-order valence-corrected chi connectivity index (χ1v) is 6.61. The number of nitrogens with one attached hydrogen (secondary N) is 1. The van der Waals surface area contributed by atoms with E-state index in [0.717, 1.165) is 24.1 Å². The van der Waals surface area contributed by atoms with Crippen LogP contribution in [0, 0.1) is 12.8 Å². The Hall–Kier alpha value is -1.02. The number of amides is 1. The molecular weight excluding hydrogens is 234 g/mol. The van der Waals surface area contributed by atoms with Crippen molar-refractivity contribution in [2.45, 2.75) is 39.0 Å². The van der Waals surface area contributed by atoms with Gasteiger partial charge in [-0.15, -0.1) is 0 Å². The molecule has 1 N–H and O–H groups in total. The molecule has 1 aromatic rings. The number of anilines is 1. The molecule has 0 radical (unpaired) electrons. The molecule has 1 amide bonds. The van der Waals surface area contributed by atoms with E-state index in [9.17, 15) is 4.79 Å². The largest absolute Gasteiger partial charge is 0.326 e. The molecule has 1 aliphatic carbocycles. The van der Waals surface area contributed by atoms with Crippen LogP contribution >= 0.6 is 11.6 Å². The monoisotopic (exact) mass is 251 g/mol. The van der Waals surface area contributed by atoms with E-state index in [0.29, 0.717) is 5.02 Å². The standard InChI is InChI=1S/C14H18ClNO/c1-10-7-8-12(9-13(10)15)16-14(17)11-5-3-2-4-6-11/h7-9,11H,2-6H2,1H3,(H,16,17). The van der Waals surface area contributed by atoms with Gasteiger partial charge in [-0.05, 0) is 37.5 Å². The number of hydrogen-bond donors (Lipinski definition) is 1. The molecule has 0 aliphatic heterocycles. The summed E-state index contributed by atoms with van der Waals surface area (Å²) in [4.78, 5) is 12.0. The first-order chi connectivity index (χ1) is 8.16. The molecule has 0 bridgehead atoms. The molecule has 92 valence electrons. The molecule has 1 saturated carbocycles. The lowest BCUT2D eigenvalue weighted by molar-refractivity contribution is -0.120. The van der Waals surface area contributed by atoms with Crippen LogP contribution < -0.4 is 5.32 Å². The van der Waals surface area contributed by atoms with Crippen molar-refractivity contribution in [2.24, 2.45) is 5.92 Å². The van der Waals surface area contributed by atoms with E-state index in [2.05, 4.69) is 5.32 Å². The highest BCUT2D eigenvalue weighted by atomic mass is 35.5. The van der Waals surface area contributed by atoms with Crippen molar-refractivity contribution in [3.05, 3.63) is 28.8 Å². The summed E-state index contributed by atoms with van der Waals surface area (Å²) in [6, 6.07) is 5.65. The fraction of sp³-hybridized carbons (Fsp3) is 0.500. The van der Waals surface area contributed by atoms with Crippen LogP contribution in [0.1, 0.15) is 37.7 Å². The fourth-order valence-corrected chi connectivity index (χ4v) is 2.46. The van der Waals surface area contributed by atoms with Gasteiger partial charge in [0.15, 0.2) is 0 Å². The predicted octanol–water partition coefficient (Wildman–Crippen LogP) is 4.17. The van der Waals surface area contributed by atoms with Crippen LogP contribution in [-0.2, 0) is 4.79 Å². The minimum Gasteiger partial charge on any atom is -0.326 e. The molecule has 1 aromatic carbocycles. The number of carbonyl (C=O) groups is 1. The number of aryl methyl sites for hydroxylation is 1. The van der Waals surface area contributed by atoms with Crippen molar-refractivity contribution in [1.82, 2.24) is 0 Å². The molecule has 17 heavy (non-hydrogen) atoms. The van der Waals surface area contributed by atoms with Gasteiger partial charge in [-0.25, -0.2) is 0 Å². The summed E-state index contributed by atoms with van der Waals surface area (Å²) in [6.45, 7) is 1.95. The normalized spacial score (nSPS) is 16.8. The topological polar surface area (TPSA) is 29.1 Å². The van der Waals surface area contributed by atoms with Crippen molar-refractivity contribution in [3.8, 4) is 0 Å². The zero-order chi connectivity index (χ0) is 12.3. The summed E-state index contributed by atoms with van der Waals surface area (Å²) in [5, 5.41) is 3.66. The van der Waals surface area contributed by atoms with Gasteiger partial charge in [0.25, 0.3) is 0 Å². The smallest absolute Gasteiger partial charge is 0.227 e. The Morgan fingerprint density at radius 3 is 2.65 bits per heavy atom. The van der Waals surface area contributed by atoms with Gasteiger partial charge >= 0.3 is 0 Å². The Labute approximate surface area is 107 Å². The maximum absolute atomic E-state index is 12.0. The third-order valence-electron chi connectivity index (χ3n) is 3.42. The van der Waals surface area contributed by atoms with E-state index in [1.807, 2.05) is 25.1 Å². The third kappa shape index (κ3) is 3.22. The SMILES string of the molecule is Cc1ccc(NC(=O)C2CCCCC2)cc1Cl. The van der Waals surface area contributed by atoms with Crippen LogP contribution in [0.15, 0.2) is 18.2 Å². The fourth-order valence-electron chi connectivity index (χ4n) is 2.28. The molecule has 1 aliphatic rings. The van der Waals surface area contributed by atoms with Crippen molar-refractivity contribution in [2.75, 3.05) is 5.32 Å². The van der Waals surface area contributed by atoms with Gasteiger partial charge in [0, 0.05) is 16.6 Å². The molecule has 0 atom stereocenters. The van der Waals surface area contributed by atoms with Gasteiger partial charge in [0.1, 0.15) is 0 Å². The second-order valence-electron chi connectivity index (χ2n) is 4.79. The molecular formula is C14H18ClNO. The molecule has 2 nitrogen and oxygen atoms in total. The lowest BCUT2D eigenvalue weighted by Crippen LogP contribution is -2.24. The molecule has 3 heteroatoms. The second-order valence-corrected chi connectivity index (χ2v) is 5.20. The Bertz CT molecular complexity index is 411. The molecule has 0 heterocycles. The van der Waals surface area contributed by atoms with Crippen molar-refractivity contribution in [3.63, 3.8) is 0 Å². The summed E-state index contributed by atoms with van der Waals surface area (Å²) in [7, 11) is 0. The van der Waals surface area contributed by atoms with Gasteiger partial charge in [-0.1, -0.05) is 36.9 Å². The summed E-state index contributed by atoms with van der Waals surface area (Å²) >= 11 is 6.03. The van der Waals surface area contributed by atoms with Crippen LogP contribution in [0.25, 0.3) is 0 Å². The average molecular weight is 252 g/mol. The van der Waals surface area contributed by atoms with E-state index in [1.165, 1.54) is 19.3 Å². The summed E-state index contributed by atoms with van der Waals surface area (Å²) in [5.41, 5.74) is 1.83. The van der Waals surface area contributed by atoms with Crippen LogP contribution in [0.3, 0.4) is 0 Å². The van der Waals surface area contributed by atoms with E-state index in [-0.39, 0.29) is 11.8 Å². The van der Waals surface area contributed by atoms with Crippen LogP contribution in [0.5, 0.6) is 0 Å². The van der Waals surface area contributed by atoms with Gasteiger partial charge in [-0.3, -0.25) is 4.79 Å². The highest BCUT2D eigenvalue weighted by molar-refractivity contribution is 6.31. The first kappa shape index (κ1) is 12.4.